The molecule has 0 heterocycles. The molecule has 0 unspecified atom stereocenters. The van der Waals surface area contributed by atoms with Crippen LogP contribution in [0, 0.1) is 6.92 Å². The van der Waals surface area contributed by atoms with E-state index < -0.39 is 16.1 Å². The molecule has 2 aromatic rings. The van der Waals surface area contributed by atoms with Crippen molar-refractivity contribution in [2.24, 2.45) is 0 Å². The van der Waals surface area contributed by atoms with Gasteiger partial charge in [-0.3, -0.25) is 13.9 Å². The maximum Gasteiger partial charge on any atom is 0.242 e. The summed E-state index contributed by atoms with van der Waals surface area (Å²) >= 11 is 0. The molecule has 0 aliphatic heterocycles. The van der Waals surface area contributed by atoms with Gasteiger partial charge in [-0.05, 0) is 75.4 Å². The average Bonchev–Trinajstić information content (AvgIpc) is 2.91. The van der Waals surface area contributed by atoms with E-state index in [1.807, 2.05) is 38.1 Å². The molecule has 3 rings (SSSR count). The Morgan fingerprint density at radius 1 is 1.05 bits per heavy atom. The van der Waals surface area contributed by atoms with Crippen LogP contribution in [0.2, 0.25) is 0 Å². The fourth-order valence-electron chi connectivity index (χ4n) is 5.00. The Morgan fingerprint density at radius 2 is 1.72 bits per heavy atom. The molecule has 2 aromatic carbocycles. The molecule has 1 fully saturated rings. The number of ether oxygens (including phenoxy) is 1. The third kappa shape index (κ3) is 8.98. The highest BCUT2D eigenvalue weighted by atomic mass is 32.2. The van der Waals surface area contributed by atoms with Gasteiger partial charge in [0.25, 0.3) is 0 Å². The summed E-state index contributed by atoms with van der Waals surface area (Å²) in [6.07, 6.45) is 6.95. The topological polar surface area (TPSA) is 96.0 Å². The van der Waals surface area contributed by atoms with E-state index in [2.05, 4.69) is 5.32 Å². The smallest absolute Gasteiger partial charge is 0.242 e. The lowest BCUT2D eigenvalue weighted by molar-refractivity contribution is -0.141. The molecule has 214 valence electrons. The number of hydrogen-bond donors (Lipinski definition) is 1. The monoisotopic (exact) mass is 557 g/mol. The van der Waals surface area contributed by atoms with Crippen molar-refractivity contribution in [2.75, 3.05) is 23.7 Å². The molecule has 1 aliphatic rings. The van der Waals surface area contributed by atoms with Crippen molar-refractivity contribution in [1.29, 1.82) is 0 Å². The molecule has 1 atom stereocenters. The lowest BCUT2D eigenvalue weighted by atomic mass is 9.95. The van der Waals surface area contributed by atoms with Gasteiger partial charge in [-0.1, -0.05) is 43.5 Å². The van der Waals surface area contributed by atoms with Gasteiger partial charge in [0.15, 0.2) is 0 Å². The largest absolute Gasteiger partial charge is 0.494 e. The van der Waals surface area contributed by atoms with Crippen molar-refractivity contribution < 1.29 is 22.7 Å². The Balaban J connectivity index is 1.71. The van der Waals surface area contributed by atoms with Gasteiger partial charge in [0.05, 0.1) is 18.6 Å². The quantitative estimate of drug-likeness (QED) is 0.382. The third-order valence-electron chi connectivity index (χ3n) is 7.31. The number of amides is 2. The summed E-state index contributed by atoms with van der Waals surface area (Å²) in [4.78, 5) is 28.4. The Kier molecular flexibility index (Phi) is 11.2. The van der Waals surface area contributed by atoms with E-state index in [0.29, 0.717) is 31.0 Å². The number of sulfonamides is 1. The number of benzene rings is 2. The van der Waals surface area contributed by atoms with Crippen molar-refractivity contribution in [3.63, 3.8) is 0 Å². The average molecular weight is 558 g/mol. The molecule has 2 amide bonds. The molecule has 1 saturated carbocycles. The zero-order valence-corrected chi connectivity index (χ0v) is 24.5. The molecule has 8 nitrogen and oxygen atoms in total. The minimum atomic E-state index is -3.56. The second kappa shape index (κ2) is 14.4. The van der Waals surface area contributed by atoms with E-state index in [9.17, 15) is 18.0 Å². The van der Waals surface area contributed by atoms with Crippen molar-refractivity contribution in [1.82, 2.24) is 10.2 Å². The van der Waals surface area contributed by atoms with Crippen LogP contribution in [-0.2, 0) is 26.2 Å². The first kappa shape index (κ1) is 30.5. The van der Waals surface area contributed by atoms with Gasteiger partial charge in [0.1, 0.15) is 11.8 Å². The highest BCUT2D eigenvalue weighted by Gasteiger charge is 2.28. The fraction of sp³-hybridized carbons (Fsp3) is 0.533. The summed E-state index contributed by atoms with van der Waals surface area (Å²) in [6.45, 7) is 6.64. The molecule has 1 aliphatic carbocycles. The summed E-state index contributed by atoms with van der Waals surface area (Å²) in [5.74, 6) is 0.345. The molecular formula is C30H43N3O5S. The van der Waals surface area contributed by atoms with Gasteiger partial charge in [-0.15, -0.1) is 0 Å². The van der Waals surface area contributed by atoms with Crippen LogP contribution in [0.1, 0.15) is 69.9 Å². The fourth-order valence-corrected chi connectivity index (χ4v) is 5.97. The first-order valence-electron chi connectivity index (χ1n) is 13.9. The predicted molar refractivity (Wildman–Crippen MR) is 155 cm³/mol. The predicted octanol–water partition coefficient (Wildman–Crippen LogP) is 4.81. The normalized spacial score (nSPS) is 14.9. The van der Waals surface area contributed by atoms with Crippen molar-refractivity contribution in [2.45, 2.75) is 84.3 Å². The third-order valence-corrected chi connectivity index (χ3v) is 8.50. The van der Waals surface area contributed by atoms with Crippen LogP contribution in [0.5, 0.6) is 5.75 Å². The first-order valence-corrected chi connectivity index (χ1v) is 15.8. The number of carbonyl (C=O) groups excluding carboxylic acids is 2. The van der Waals surface area contributed by atoms with Crippen LogP contribution in [-0.4, -0.2) is 56.6 Å². The maximum atomic E-state index is 13.5. The van der Waals surface area contributed by atoms with Gasteiger partial charge in [0, 0.05) is 25.6 Å². The van der Waals surface area contributed by atoms with E-state index in [1.54, 1.807) is 36.1 Å². The molecule has 1 N–H and O–H groups in total. The zero-order chi connectivity index (χ0) is 28.4. The maximum absolute atomic E-state index is 13.5. The summed E-state index contributed by atoms with van der Waals surface area (Å²) in [5.41, 5.74) is 2.55. The molecule has 0 spiro atoms. The van der Waals surface area contributed by atoms with Gasteiger partial charge in [0.2, 0.25) is 21.8 Å². The van der Waals surface area contributed by atoms with E-state index in [4.69, 9.17) is 4.74 Å². The standard InChI is InChI=1S/C30H43N3O5S/c1-5-38-28-19-17-27(18-20-28)33(39(4,36)37)21-11-16-29(34)32(22-25-13-10-9-12-23(25)2)24(3)30(35)31-26-14-7-6-8-15-26/h9-10,12-13,17-20,24,26H,5-8,11,14-16,21-22H2,1-4H3,(H,31,35)/t24-/m1/s1. The number of hydrogen-bond acceptors (Lipinski definition) is 5. The Hall–Kier alpha value is -3.07. The van der Waals surface area contributed by atoms with Crippen LogP contribution >= 0.6 is 0 Å². The molecule has 0 bridgehead atoms. The number of carbonyl (C=O) groups is 2. The summed E-state index contributed by atoms with van der Waals surface area (Å²) in [6, 6.07) is 14.2. The van der Waals surface area contributed by atoms with Crippen LogP contribution in [0.4, 0.5) is 5.69 Å². The minimum absolute atomic E-state index is 0.121. The SMILES string of the molecule is CCOc1ccc(N(CCCC(=O)N(Cc2ccccc2C)[C@H](C)C(=O)NC2CCCCC2)S(C)(=O)=O)cc1. The number of anilines is 1. The van der Waals surface area contributed by atoms with E-state index in [1.165, 1.54) is 10.7 Å². The van der Waals surface area contributed by atoms with E-state index >= 15 is 0 Å². The van der Waals surface area contributed by atoms with Gasteiger partial charge in [-0.25, -0.2) is 8.42 Å². The second-order valence-corrected chi connectivity index (χ2v) is 12.2. The lowest BCUT2D eigenvalue weighted by Gasteiger charge is -2.32. The summed E-state index contributed by atoms with van der Waals surface area (Å²) < 4.78 is 31.9. The number of aryl methyl sites for hydroxylation is 1. The van der Waals surface area contributed by atoms with Gasteiger partial charge < -0.3 is 15.0 Å². The molecule has 0 saturated heterocycles. The van der Waals surface area contributed by atoms with Crippen LogP contribution < -0.4 is 14.4 Å². The zero-order valence-electron chi connectivity index (χ0n) is 23.7. The number of nitrogens with zero attached hydrogens (tertiary/aromatic N) is 2. The van der Waals surface area contributed by atoms with Crippen molar-refractivity contribution >= 4 is 27.5 Å². The molecular weight excluding hydrogens is 514 g/mol. The Labute approximate surface area is 233 Å². The highest BCUT2D eigenvalue weighted by Crippen LogP contribution is 2.23. The van der Waals surface area contributed by atoms with E-state index in [0.717, 1.165) is 43.1 Å². The molecule has 9 heteroatoms. The minimum Gasteiger partial charge on any atom is -0.494 e. The molecule has 0 radical (unpaired) electrons. The van der Waals surface area contributed by atoms with Gasteiger partial charge in [-0.2, -0.15) is 0 Å². The second-order valence-electron chi connectivity index (χ2n) is 10.3. The van der Waals surface area contributed by atoms with Crippen molar-refractivity contribution in [3.05, 3.63) is 59.7 Å². The van der Waals surface area contributed by atoms with Gasteiger partial charge >= 0.3 is 0 Å². The Bertz CT molecular complexity index is 1190. The highest BCUT2D eigenvalue weighted by molar-refractivity contribution is 7.92. The molecule has 39 heavy (non-hydrogen) atoms. The summed E-state index contributed by atoms with van der Waals surface area (Å²) in [7, 11) is -3.56. The number of rotatable bonds is 13. The van der Waals surface area contributed by atoms with E-state index in [-0.39, 0.29) is 30.8 Å². The van der Waals surface area contributed by atoms with Crippen molar-refractivity contribution in [3.8, 4) is 5.75 Å². The number of nitrogens with one attached hydrogen (secondary N) is 1. The first-order chi connectivity index (χ1) is 18.6. The van der Waals surface area contributed by atoms with Crippen LogP contribution in [0.25, 0.3) is 0 Å². The lowest BCUT2D eigenvalue weighted by Crippen LogP contribution is -2.50. The van der Waals surface area contributed by atoms with Crippen LogP contribution in [0.3, 0.4) is 0 Å². The van der Waals surface area contributed by atoms with Crippen LogP contribution in [0.15, 0.2) is 48.5 Å². The molecule has 0 aromatic heterocycles. The summed E-state index contributed by atoms with van der Waals surface area (Å²) in [5, 5.41) is 3.15. The Morgan fingerprint density at radius 3 is 2.33 bits per heavy atom.